The quantitative estimate of drug-likeness (QED) is 0.760. The predicted octanol–water partition coefficient (Wildman–Crippen LogP) is 4.21. The fourth-order valence-corrected chi connectivity index (χ4v) is 4.89. The molecule has 1 unspecified atom stereocenters. The second kappa shape index (κ2) is 4.94. The number of rotatable bonds is 4. The summed E-state index contributed by atoms with van der Waals surface area (Å²) in [6.07, 6.45) is 9.97. The molecule has 1 aliphatic rings. The van der Waals surface area contributed by atoms with Crippen LogP contribution in [0.2, 0.25) is 0 Å². The van der Waals surface area contributed by atoms with E-state index < -0.39 is 10.2 Å². The molecule has 0 radical (unpaired) electrons. The lowest BCUT2D eigenvalue weighted by molar-refractivity contribution is 1.21. The van der Waals surface area contributed by atoms with Crippen molar-refractivity contribution in [2.75, 3.05) is 5.75 Å². The number of nitrogens with zero attached hydrogens (tertiary/aromatic N) is 2. The third-order valence-corrected chi connectivity index (χ3v) is 6.22. The van der Waals surface area contributed by atoms with Crippen LogP contribution in [0.3, 0.4) is 0 Å². The van der Waals surface area contributed by atoms with E-state index in [9.17, 15) is 0 Å². The van der Waals surface area contributed by atoms with E-state index in [2.05, 4.69) is 56.7 Å². The highest BCUT2D eigenvalue weighted by molar-refractivity contribution is 8.37. The number of aromatic nitrogens is 2. The first kappa shape index (κ1) is 12.1. The lowest BCUT2D eigenvalue weighted by Crippen LogP contribution is -2.05. The van der Waals surface area contributed by atoms with E-state index in [1.165, 1.54) is 11.1 Å². The summed E-state index contributed by atoms with van der Waals surface area (Å²) in [7, 11) is -1.15. The van der Waals surface area contributed by atoms with Gasteiger partial charge in [0.2, 0.25) is 0 Å². The Labute approximate surface area is 115 Å². The van der Waals surface area contributed by atoms with Crippen molar-refractivity contribution in [1.29, 1.82) is 0 Å². The third kappa shape index (κ3) is 2.17. The standard InChI is InChI=1S/C16H16N2S/c1-2-11-19(18-10-9-17-14-18)12-8-16(13-19)15-6-4-3-5-7-15/h2-10,12-14H,1,11H2. The lowest BCUT2D eigenvalue weighted by atomic mass is 10.1. The minimum atomic E-state index is -1.15. The van der Waals surface area contributed by atoms with Crippen LogP contribution in [0, 0.1) is 0 Å². The van der Waals surface area contributed by atoms with E-state index in [1.807, 2.05) is 30.9 Å². The van der Waals surface area contributed by atoms with Crippen molar-refractivity contribution in [3.05, 3.63) is 84.2 Å². The van der Waals surface area contributed by atoms with Gasteiger partial charge in [0.25, 0.3) is 0 Å². The van der Waals surface area contributed by atoms with Gasteiger partial charge in [-0.2, -0.15) is 0 Å². The molecule has 96 valence electrons. The Morgan fingerprint density at radius 1 is 1.26 bits per heavy atom. The molecule has 1 atom stereocenters. The van der Waals surface area contributed by atoms with Gasteiger partial charge in [0, 0.05) is 18.1 Å². The normalized spacial score (nSPS) is 24.7. The minimum absolute atomic E-state index is 0.941. The maximum Gasteiger partial charge on any atom is 0.104 e. The molecule has 0 amide bonds. The van der Waals surface area contributed by atoms with Crippen LogP contribution in [0.4, 0.5) is 0 Å². The van der Waals surface area contributed by atoms with E-state index in [0.29, 0.717) is 0 Å². The first-order valence-corrected chi connectivity index (χ1v) is 8.08. The summed E-state index contributed by atoms with van der Waals surface area (Å²) in [5.74, 6) is 0.941. The highest BCUT2D eigenvalue weighted by atomic mass is 32.3. The van der Waals surface area contributed by atoms with Crippen molar-refractivity contribution < 1.29 is 0 Å². The van der Waals surface area contributed by atoms with Gasteiger partial charge in [0.1, 0.15) is 6.33 Å². The first-order chi connectivity index (χ1) is 9.34. The van der Waals surface area contributed by atoms with Crippen LogP contribution in [0.15, 0.2) is 78.6 Å². The summed E-state index contributed by atoms with van der Waals surface area (Å²) in [5.41, 5.74) is 2.54. The van der Waals surface area contributed by atoms with E-state index in [4.69, 9.17) is 0 Å². The van der Waals surface area contributed by atoms with Crippen molar-refractivity contribution in [1.82, 2.24) is 8.96 Å². The Balaban J connectivity index is 2.04. The van der Waals surface area contributed by atoms with Gasteiger partial charge in [-0.1, -0.05) is 36.4 Å². The van der Waals surface area contributed by atoms with Crippen LogP contribution >= 0.6 is 10.2 Å². The summed E-state index contributed by atoms with van der Waals surface area (Å²) < 4.78 is 2.21. The molecule has 0 spiro atoms. The van der Waals surface area contributed by atoms with Gasteiger partial charge in [-0.25, -0.2) is 4.98 Å². The number of hydrogen-bond acceptors (Lipinski definition) is 1. The summed E-state index contributed by atoms with van der Waals surface area (Å²) in [4.78, 5) is 4.18. The van der Waals surface area contributed by atoms with Crippen molar-refractivity contribution in [3.8, 4) is 0 Å². The summed E-state index contributed by atoms with van der Waals surface area (Å²) in [5, 5.41) is 4.67. The van der Waals surface area contributed by atoms with Crippen LogP contribution in [-0.2, 0) is 0 Å². The first-order valence-electron chi connectivity index (χ1n) is 6.20. The Kier molecular flexibility index (Phi) is 3.13. The lowest BCUT2D eigenvalue weighted by Gasteiger charge is -2.31. The average molecular weight is 268 g/mol. The highest BCUT2D eigenvalue weighted by Gasteiger charge is 2.23. The fourth-order valence-electron chi connectivity index (χ4n) is 2.24. The second-order valence-corrected chi connectivity index (χ2v) is 7.31. The van der Waals surface area contributed by atoms with Crippen molar-refractivity contribution >= 4 is 15.8 Å². The maximum atomic E-state index is 4.18. The average Bonchev–Trinajstić information content (AvgIpc) is 3.10. The van der Waals surface area contributed by atoms with Gasteiger partial charge in [-0.3, -0.25) is 3.97 Å². The van der Waals surface area contributed by atoms with Crippen molar-refractivity contribution in [2.24, 2.45) is 0 Å². The van der Waals surface area contributed by atoms with Crippen LogP contribution < -0.4 is 0 Å². The smallest absolute Gasteiger partial charge is 0.104 e. The molecular weight excluding hydrogens is 252 g/mol. The largest absolute Gasteiger partial charge is 0.292 e. The van der Waals surface area contributed by atoms with E-state index in [0.717, 1.165) is 5.75 Å². The van der Waals surface area contributed by atoms with Gasteiger partial charge >= 0.3 is 0 Å². The number of allylic oxidation sites excluding steroid dienone is 2. The number of imidazole rings is 1. The molecule has 1 aliphatic heterocycles. The van der Waals surface area contributed by atoms with Gasteiger partial charge in [-0.05, 0) is 28.0 Å². The molecule has 3 heteroatoms. The molecule has 0 saturated heterocycles. The third-order valence-electron chi connectivity index (χ3n) is 3.18. The molecule has 0 saturated carbocycles. The zero-order valence-corrected chi connectivity index (χ0v) is 11.5. The Bertz CT molecular complexity index is 626. The predicted molar refractivity (Wildman–Crippen MR) is 83.8 cm³/mol. The summed E-state index contributed by atoms with van der Waals surface area (Å²) in [6, 6.07) is 10.5. The number of hydrogen-bond donors (Lipinski definition) is 0. The molecular formula is C16H16N2S. The Morgan fingerprint density at radius 3 is 2.79 bits per heavy atom. The molecule has 1 aromatic heterocycles. The topological polar surface area (TPSA) is 17.8 Å². The molecule has 2 heterocycles. The molecule has 0 N–H and O–H groups in total. The maximum absolute atomic E-state index is 4.18. The zero-order chi connectivity index (χ0) is 13.1. The molecule has 2 nitrogen and oxygen atoms in total. The van der Waals surface area contributed by atoms with Gasteiger partial charge in [-0.15, -0.1) is 16.8 Å². The zero-order valence-electron chi connectivity index (χ0n) is 10.6. The summed E-state index contributed by atoms with van der Waals surface area (Å²) in [6.45, 7) is 3.90. The fraction of sp³-hybridized carbons (Fsp3) is 0.0625. The Hall–Kier alpha value is -2.00. The molecule has 19 heavy (non-hydrogen) atoms. The van der Waals surface area contributed by atoms with Crippen LogP contribution in [0.25, 0.3) is 5.57 Å². The molecule has 0 fully saturated rings. The van der Waals surface area contributed by atoms with Gasteiger partial charge in [0.15, 0.2) is 0 Å². The molecule has 0 bridgehead atoms. The SMILES string of the molecule is C=CCS1(n2ccnc2)C=CC(c2ccccc2)=C1. The molecule has 0 aliphatic carbocycles. The van der Waals surface area contributed by atoms with Crippen LogP contribution in [-0.4, -0.2) is 14.7 Å². The van der Waals surface area contributed by atoms with E-state index >= 15 is 0 Å². The molecule has 2 aromatic rings. The van der Waals surface area contributed by atoms with E-state index in [-0.39, 0.29) is 0 Å². The molecule has 1 aromatic carbocycles. The molecule has 3 rings (SSSR count). The highest BCUT2D eigenvalue weighted by Crippen LogP contribution is 2.57. The monoisotopic (exact) mass is 268 g/mol. The van der Waals surface area contributed by atoms with E-state index in [1.54, 1.807) is 0 Å². The van der Waals surface area contributed by atoms with Gasteiger partial charge < -0.3 is 0 Å². The Morgan fingerprint density at radius 2 is 2.11 bits per heavy atom. The second-order valence-electron chi connectivity index (χ2n) is 4.43. The van der Waals surface area contributed by atoms with Gasteiger partial charge in [0.05, 0.1) is 0 Å². The summed E-state index contributed by atoms with van der Waals surface area (Å²) >= 11 is 0. The minimum Gasteiger partial charge on any atom is -0.292 e. The van der Waals surface area contributed by atoms with Crippen LogP contribution in [0.1, 0.15) is 5.56 Å². The van der Waals surface area contributed by atoms with Crippen LogP contribution in [0.5, 0.6) is 0 Å². The number of benzene rings is 1. The van der Waals surface area contributed by atoms with Crippen molar-refractivity contribution in [2.45, 2.75) is 0 Å². The van der Waals surface area contributed by atoms with Crippen molar-refractivity contribution in [3.63, 3.8) is 0 Å².